The summed E-state index contributed by atoms with van der Waals surface area (Å²) in [6.45, 7) is 8.06. The van der Waals surface area contributed by atoms with Crippen LogP contribution in [-0.4, -0.2) is 12.6 Å². The fourth-order valence-corrected chi connectivity index (χ4v) is 3.25. The molecule has 0 spiro atoms. The Labute approximate surface area is 118 Å². The van der Waals surface area contributed by atoms with E-state index < -0.39 is 0 Å². The van der Waals surface area contributed by atoms with Gasteiger partial charge in [-0.05, 0) is 57.1 Å². The SMILES string of the molecule is CC1=CC(C)CC(CNC(C)Cc2ccccc2)C1. The van der Waals surface area contributed by atoms with E-state index in [1.54, 1.807) is 5.57 Å². The first-order valence-electron chi connectivity index (χ1n) is 7.58. The Morgan fingerprint density at radius 1 is 1.26 bits per heavy atom. The molecule has 0 heterocycles. The highest BCUT2D eigenvalue weighted by molar-refractivity contribution is 5.15. The van der Waals surface area contributed by atoms with E-state index in [4.69, 9.17) is 0 Å². The van der Waals surface area contributed by atoms with Crippen LogP contribution in [0, 0.1) is 11.8 Å². The van der Waals surface area contributed by atoms with Crippen molar-refractivity contribution >= 4 is 0 Å². The molecule has 1 aliphatic carbocycles. The summed E-state index contributed by atoms with van der Waals surface area (Å²) >= 11 is 0. The number of allylic oxidation sites excluding steroid dienone is 2. The summed E-state index contributed by atoms with van der Waals surface area (Å²) in [5.41, 5.74) is 3.00. The quantitative estimate of drug-likeness (QED) is 0.780. The molecule has 0 bridgehead atoms. The van der Waals surface area contributed by atoms with E-state index >= 15 is 0 Å². The van der Waals surface area contributed by atoms with Crippen molar-refractivity contribution < 1.29 is 0 Å². The summed E-state index contributed by atoms with van der Waals surface area (Å²) in [4.78, 5) is 0. The van der Waals surface area contributed by atoms with Gasteiger partial charge < -0.3 is 5.32 Å². The molecule has 0 saturated carbocycles. The third-order valence-electron chi connectivity index (χ3n) is 4.02. The molecule has 0 aliphatic heterocycles. The molecule has 104 valence electrons. The van der Waals surface area contributed by atoms with E-state index in [0.717, 1.165) is 24.8 Å². The smallest absolute Gasteiger partial charge is 0.00792 e. The molecule has 0 amide bonds. The van der Waals surface area contributed by atoms with Crippen LogP contribution in [0.15, 0.2) is 42.0 Å². The normalized spacial score (nSPS) is 24.9. The molecule has 0 aromatic heterocycles. The van der Waals surface area contributed by atoms with Crippen molar-refractivity contribution in [2.45, 2.75) is 46.1 Å². The zero-order valence-electron chi connectivity index (χ0n) is 12.5. The van der Waals surface area contributed by atoms with Crippen molar-refractivity contribution in [3.8, 4) is 0 Å². The second-order valence-corrected chi connectivity index (χ2v) is 6.30. The number of hydrogen-bond donors (Lipinski definition) is 1. The van der Waals surface area contributed by atoms with E-state index in [9.17, 15) is 0 Å². The highest BCUT2D eigenvalue weighted by Crippen LogP contribution is 2.27. The molecule has 0 saturated heterocycles. The van der Waals surface area contributed by atoms with Gasteiger partial charge in [0.25, 0.3) is 0 Å². The molecule has 1 aromatic rings. The Morgan fingerprint density at radius 3 is 2.68 bits per heavy atom. The molecule has 1 aromatic carbocycles. The average Bonchev–Trinajstić information content (AvgIpc) is 2.36. The van der Waals surface area contributed by atoms with Gasteiger partial charge in [0.15, 0.2) is 0 Å². The summed E-state index contributed by atoms with van der Waals surface area (Å²) in [6, 6.07) is 11.3. The first-order valence-corrected chi connectivity index (χ1v) is 7.58. The zero-order valence-corrected chi connectivity index (χ0v) is 12.5. The number of rotatable bonds is 5. The molecule has 0 fully saturated rings. The topological polar surface area (TPSA) is 12.0 Å². The summed E-state index contributed by atoms with van der Waals surface area (Å²) in [5, 5.41) is 3.71. The van der Waals surface area contributed by atoms with Crippen molar-refractivity contribution in [1.29, 1.82) is 0 Å². The molecule has 1 N–H and O–H groups in total. The van der Waals surface area contributed by atoms with Crippen LogP contribution >= 0.6 is 0 Å². The monoisotopic (exact) mass is 257 g/mol. The van der Waals surface area contributed by atoms with E-state index in [0.29, 0.717) is 6.04 Å². The van der Waals surface area contributed by atoms with Crippen LogP contribution in [0.1, 0.15) is 39.2 Å². The lowest BCUT2D eigenvalue weighted by atomic mass is 9.83. The molecular formula is C18H27N. The van der Waals surface area contributed by atoms with Crippen LogP contribution in [0.5, 0.6) is 0 Å². The lowest BCUT2D eigenvalue weighted by molar-refractivity contribution is 0.364. The minimum atomic E-state index is 0.559. The second kappa shape index (κ2) is 6.91. The van der Waals surface area contributed by atoms with Crippen LogP contribution in [-0.2, 0) is 6.42 Å². The van der Waals surface area contributed by atoms with Gasteiger partial charge in [-0.25, -0.2) is 0 Å². The van der Waals surface area contributed by atoms with Crippen molar-refractivity contribution in [2.24, 2.45) is 11.8 Å². The number of nitrogens with one attached hydrogen (secondary N) is 1. The predicted molar refractivity (Wildman–Crippen MR) is 83.3 cm³/mol. The van der Waals surface area contributed by atoms with Crippen LogP contribution < -0.4 is 5.32 Å². The molecule has 1 nitrogen and oxygen atoms in total. The standard InChI is InChI=1S/C18H27N/c1-14-9-15(2)11-18(10-14)13-19-16(3)12-17-7-5-4-6-8-17/h4-9,14,16,18-19H,10-13H2,1-3H3. The predicted octanol–water partition coefficient (Wildman–Crippen LogP) is 4.20. The Balaban J connectivity index is 1.75. The van der Waals surface area contributed by atoms with Crippen LogP contribution in [0.3, 0.4) is 0 Å². The van der Waals surface area contributed by atoms with Crippen molar-refractivity contribution in [3.63, 3.8) is 0 Å². The van der Waals surface area contributed by atoms with Crippen molar-refractivity contribution in [2.75, 3.05) is 6.54 Å². The molecule has 0 radical (unpaired) electrons. The molecule has 1 heteroatoms. The summed E-state index contributed by atoms with van der Waals surface area (Å²) in [6.07, 6.45) is 6.17. The fourth-order valence-electron chi connectivity index (χ4n) is 3.25. The maximum absolute atomic E-state index is 3.71. The van der Waals surface area contributed by atoms with Gasteiger partial charge in [-0.3, -0.25) is 0 Å². The van der Waals surface area contributed by atoms with Gasteiger partial charge in [0.05, 0.1) is 0 Å². The summed E-state index contributed by atoms with van der Waals surface area (Å²) in [5.74, 6) is 1.57. The van der Waals surface area contributed by atoms with E-state index in [2.05, 4.69) is 62.5 Å². The third kappa shape index (κ3) is 4.83. The fraction of sp³-hybridized carbons (Fsp3) is 0.556. The van der Waals surface area contributed by atoms with Crippen molar-refractivity contribution in [3.05, 3.63) is 47.5 Å². The van der Waals surface area contributed by atoms with E-state index in [-0.39, 0.29) is 0 Å². The van der Waals surface area contributed by atoms with Gasteiger partial charge in [-0.15, -0.1) is 0 Å². The lowest BCUT2D eigenvalue weighted by Gasteiger charge is -2.27. The largest absolute Gasteiger partial charge is 0.314 e. The van der Waals surface area contributed by atoms with Gasteiger partial charge in [0.2, 0.25) is 0 Å². The Hall–Kier alpha value is -1.08. The van der Waals surface area contributed by atoms with Gasteiger partial charge >= 0.3 is 0 Å². The second-order valence-electron chi connectivity index (χ2n) is 6.30. The van der Waals surface area contributed by atoms with Crippen LogP contribution in [0.25, 0.3) is 0 Å². The molecule has 2 rings (SSSR count). The molecule has 19 heavy (non-hydrogen) atoms. The Kier molecular flexibility index (Phi) is 5.21. The molecule has 1 aliphatic rings. The first-order chi connectivity index (χ1) is 9.13. The minimum Gasteiger partial charge on any atom is -0.314 e. The summed E-state index contributed by atoms with van der Waals surface area (Å²) < 4.78 is 0. The Bertz CT molecular complexity index is 407. The molecule has 3 unspecified atom stereocenters. The van der Waals surface area contributed by atoms with Crippen LogP contribution in [0.2, 0.25) is 0 Å². The van der Waals surface area contributed by atoms with E-state index in [1.165, 1.54) is 18.4 Å². The minimum absolute atomic E-state index is 0.559. The highest BCUT2D eigenvalue weighted by atomic mass is 14.9. The molecule has 3 atom stereocenters. The van der Waals surface area contributed by atoms with Gasteiger partial charge in [-0.2, -0.15) is 0 Å². The van der Waals surface area contributed by atoms with Gasteiger partial charge in [0.1, 0.15) is 0 Å². The lowest BCUT2D eigenvalue weighted by Crippen LogP contribution is -2.34. The van der Waals surface area contributed by atoms with E-state index in [1.807, 2.05) is 0 Å². The average molecular weight is 257 g/mol. The Morgan fingerprint density at radius 2 is 2.00 bits per heavy atom. The maximum atomic E-state index is 3.71. The highest BCUT2D eigenvalue weighted by Gasteiger charge is 2.18. The van der Waals surface area contributed by atoms with Gasteiger partial charge in [0, 0.05) is 6.04 Å². The maximum Gasteiger partial charge on any atom is 0.00792 e. The summed E-state index contributed by atoms with van der Waals surface area (Å²) in [7, 11) is 0. The number of benzene rings is 1. The number of hydrogen-bond acceptors (Lipinski definition) is 1. The molecular weight excluding hydrogens is 230 g/mol. The van der Waals surface area contributed by atoms with Gasteiger partial charge in [-0.1, -0.05) is 48.9 Å². The third-order valence-corrected chi connectivity index (χ3v) is 4.02. The van der Waals surface area contributed by atoms with Crippen LogP contribution in [0.4, 0.5) is 0 Å². The first kappa shape index (κ1) is 14.3. The zero-order chi connectivity index (χ0) is 13.7. The van der Waals surface area contributed by atoms with Crippen molar-refractivity contribution in [1.82, 2.24) is 5.32 Å².